The first-order chi connectivity index (χ1) is 11.0. The van der Waals surface area contributed by atoms with Gasteiger partial charge in [-0.1, -0.05) is 0 Å². The van der Waals surface area contributed by atoms with E-state index in [0.29, 0.717) is 5.69 Å². The highest BCUT2D eigenvalue weighted by molar-refractivity contribution is 5.68. The van der Waals surface area contributed by atoms with Crippen LogP contribution in [0.1, 0.15) is 33.6 Å². The molecule has 1 aliphatic rings. The van der Waals surface area contributed by atoms with E-state index in [4.69, 9.17) is 4.74 Å². The van der Waals surface area contributed by atoms with Crippen molar-refractivity contribution >= 4 is 11.8 Å². The molecule has 24 heavy (non-hydrogen) atoms. The molecule has 1 aromatic rings. The number of ether oxygens (including phenoxy) is 2. The quantitative estimate of drug-likeness (QED) is 0.863. The Labute approximate surface area is 138 Å². The minimum absolute atomic E-state index is 0.0326. The summed E-state index contributed by atoms with van der Waals surface area (Å²) in [6, 6.07) is 5.74. The Bertz CT molecular complexity index is 561. The Hall–Kier alpha value is -2.12. The van der Waals surface area contributed by atoms with Crippen LogP contribution in [0.3, 0.4) is 0 Å². The fourth-order valence-corrected chi connectivity index (χ4v) is 2.32. The van der Waals surface area contributed by atoms with Gasteiger partial charge in [-0.3, -0.25) is 0 Å². The van der Waals surface area contributed by atoms with Gasteiger partial charge in [0.25, 0.3) is 0 Å². The van der Waals surface area contributed by atoms with E-state index in [2.05, 4.69) is 15.4 Å². The molecule has 0 spiro atoms. The summed E-state index contributed by atoms with van der Waals surface area (Å²) in [6.45, 7) is 5.39. The molecule has 2 N–H and O–H groups in total. The SMILES string of the molecule is CC(C)(C)OC(=O)NC1CC(Nc2ccc(OC(F)(F)F)cc2)C1. The Kier molecular flexibility index (Phi) is 5.15. The Morgan fingerprint density at radius 3 is 2.17 bits per heavy atom. The molecule has 0 bridgehead atoms. The van der Waals surface area contributed by atoms with Gasteiger partial charge in [-0.2, -0.15) is 0 Å². The number of halogens is 3. The van der Waals surface area contributed by atoms with Gasteiger partial charge in [-0.25, -0.2) is 4.79 Å². The van der Waals surface area contributed by atoms with Crippen LogP contribution >= 0.6 is 0 Å². The van der Waals surface area contributed by atoms with Gasteiger partial charge in [0.15, 0.2) is 0 Å². The smallest absolute Gasteiger partial charge is 0.444 e. The lowest BCUT2D eigenvalue weighted by Crippen LogP contribution is -2.50. The highest BCUT2D eigenvalue weighted by Crippen LogP contribution is 2.27. The van der Waals surface area contributed by atoms with Crippen LogP contribution in [0.5, 0.6) is 5.75 Å². The first-order valence-electron chi connectivity index (χ1n) is 7.62. The molecule has 0 saturated heterocycles. The molecule has 2 rings (SSSR count). The van der Waals surface area contributed by atoms with E-state index < -0.39 is 18.1 Å². The van der Waals surface area contributed by atoms with E-state index in [9.17, 15) is 18.0 Å². The molecule has 0 heterocycles. The summed E-state index contributed by atoms with van der Waals surface area (Å²) in [5, 5.41) is 5.97. The van der Waals surface area contributed by atoms with Gasteiger partial charge >= 0.3 is 12.5 Å². The lowest BCUT2D eigenvalue weighted by Gasteiger charge is -2.37. The van der Waals surface area contributed by atoms with Crippen LogP contribution in [-0.2, 0) is 4.74 Å². The Morgan fingerprint density at radius 2 is 1.67 bits per heavy atom. The largest absolute Gasteiger partial charge is 0.573 e. The number of hydrogen-bond donors (Lipinski definition) is 2. The molecule has 1 aromatic carbocycles. The number of carbonyl (C=O) groups is 1. The molecule has 0 aromatic heterocycles. The van der Waals surface area contributed by atoms with Gasteiger partial charge in [-0.15, -0.1) is 13.2 Å². The molecule has 0 radical (unpaired) electrons. The third kappa shape index (κ3) is 6.17. The van der Waals surface area contributed by atoms with Gasteiger partial charge in [0.2, 0.25) is 0 Å². The maximum Gasteiger partial charge on any atom is 0.573 e. The third-order valence-corrected chi connectivity index (χ3v) is 3.32. The van der Waals surface area contributed by atoms with Gasteiger partial charge in [0, 0.05) is 17.8 Å². The molecule has 1 saturated carbocycles. The first kappa shape index (κ1) is 18.2. The van der Waals surface area contributed by atoms with E-state index in [-0.39, 0.29) is 17.8 Å². The highest BCUT2D eigenvalue weighted by atomic mass is 19.4. The van der Waals surface area contributed by atoms with Gasteiger partial charge in [-0.05, 0) is 57.9 Å². The predicted octanol–water partition coefficient (Wildman–Crippen LogP) is 4.05. The number of nitrogens with one attached hydrogen (secondary N) is 2. The minimum Gasteiger partial charge on any atom is -0.444 e. The zero-order valence-corrected chi connectivity index (χ0v) is 13.7. The van der Waals surface area contributed by atoms with Gasteiger partial charge < -0.3 is 20.1 Å². The van der Waals surface area contributed by atoms with Crippen LogP contribution in [0.4, 0.5) is 23.7 Å². The fraction of sp³-hybridized carbons (Fsp3) is 0.562. The van der Waals surface area contributed by atoms with Crippen LogP contribution in [0.15, 0.2) is 24.3 Å². The second kappa shape index (κ2) is 6.78. The second-order valence-corrected chi connectivity index (χ2v) is 6.73. The molecule has 1 amide bonds. The van der Waals surface area contributed by atoms with Crippen molar-refractivity contribution in [1.82, 2.24) is 5.32 Å². The topological polar surface area (TPSA) is 59.6 Å². The third-order valence-electron chi connectivity index (χ3n) is 3.32. The summed E-state index contributed by atoms with van der Waals surface area (Å²) in [4.78, 5) is 11.6. The van der Waals surface area contributed by atoms with Crippen LogP contribution in [-0.4, -0.2) is 30.1 Å². The number of benzene rings is 1. The van der Waals surface area contributed by atoms with E-state index in [1.807, 2.05) is 0 Å². The molecule has 1 aliphatic carbocycles. The van der Waals surface area contributed by atoms with Crippen LogP contribution in [0.2, 0.25) is 0 Å². The monoisotopic (exact) mass is 346 g/mol. The van der Waals surface area contributed by atoms with Crippen LogP contribution < -0.4 is 15.4 Å². The summed E-state index contributed by atoms with van der Waals surface area (Å²) < 4.78 is 45.2. The summed E-state index contributed by atoms with van der Waals surface area (Å²) in [5.41, 5.74) is 0.163. The summed E-state index contributed by atoms with van der Waals surface area (Å²) >= 11 is 0. The normalized spacial score (nSPS) is 20.8. The number of anilines is 1. The van der Waals surface area contributed by atoms with E-state index in [1.165, 1.54) is 24.3 Å². The van der Waals surface area contributed by atoms with Crippen LogP contribution in [0.25, 0.3) is 0 Å². The number of rotatable bonds is 4. The number of hydrogen-bond acceptors (Lipinski definition) is 4. The van der Waals surface area contributed by atoms with Crippen LogP contribution in [0, 0.1) is 0 Å². The maximum absolute atomic E-state index is 12.1. The molecule has 5 nitrogen and oxygen atoms in total. The van der Waals surface area contributed by atoms with E-state index >= 15 is 0 Å². The van der Waals surface area contributed by atoms with Gasteiger partial charge in [0.1, 0.15) is 11.4 Å². The first-order valence-corrected chi connectivity index (χ1v) is 7.62. The lowest BCUT2D eigenvalue weighted by atomic mass is 9.86. The molecule has 0 unspecified atom stereocenters. The van der Waals surface area contributed by atoms with E-state index in [1.54, 1.807) is 20.8 Å². The zero-order valence-electron chi connectivity index (χ0n) is 13.7. The average molecular weight is 346 g/mol. The Morgan fingerprint density at radius 1 is 1.08 bits per heavy atom. The molecular weight excluding hydrogens is 325 g/mol. The molecule has 0 aliphatic heterocycles. The van der Waals surface area contributed by atoms with Crippen molar-refractivity contribution in [3.05, 3.63) is 24.3 Å². The molecule has 8 heteroatoms. The standard InChI is InChI=1S/C16H21F3N2O3/c1-15(2,3)24-14(22)21-12-8-11(9-12)20-10-4-6-13(7-5-10)23-16(17,18)19/h4-7,11-12,20H,8-9H2,1-3H3,(H,21,22). The van der Waals surface area contributed by atoms with Crippen molar-refractivity contribution in [2.24, 2.45) is 0 Å². The molecule has 0 atom stereocenters. The van der Waals surface area contributed by atoms with Crippen molar-refractivity contribution in [3.8, 4) is 5.75 Å². The summed E-state index contributed by atoms with van der Waals surface area (Å²) in [5.74, 6) is -0.258. The van der Waals surface area contributed by atoms with Crippen molar-refractivity contribution < 1.29 is 27.4 Å². The Balaban J connectivity index is 1.72. The van der Waals surface area contributed by atoms with Crippen molar-refractivity contribution in [2.75, 3.05) is 5.32 Å². The zero-order chi connectivity index (χ0) is 18.0. The van der Waals surface area contributed by atoms with E-state index in [0.717, 1.165) is 12.8 Å². The molecule has 1 fully saturated rings. The average Bonchev–Trinajstić information content (AvgIpc) is 2.34. The predicted molar refractivity (Wildman–Crippen MR) is 82.9 cm³/mol. The summed E-state index contributed by atoms with van der Waals surface area (Å²) in [6.07, 6.45) is -3.69. The number of alkyl halides is 3. The van der Waals surface area contributed by atoms with Gasteiger partial charge in [0.05, 0.1) is 0 Å². The van der Waals surface area contributed by atoms with Crippen molar-refractivity contribution in [3.63, 3.8) is 0 Å². The highest BCUT2D eigenvalue weighted by Gasteiger charge is 2.32. The lowest BCUT2D eigenvalue weighted by molar-refractivity contribution is -0.274. The minimum atomic E-state index is -4.69. The molecule has 134 valence electrons. The molecular formula is C16H21F3N2O3. The second-order valence-electron chi connectivity index (χ2n) is 6.73. The van der Waals surface area contributed by atoms with Crippen molar-refractivity contribution in [2.45, 2.75) is 57.7 Å². The maximum atomic E-state index is 12.1. The number of alkyl carbamates (subject to hydrolysis) is 1. The summed E-state index contributed by atoms with van der Waals surface area (Å²) in [7, 11) is 0. The fourth-order valence-electron chi connectivity index (χ4n) is 2.32. The number of carbonyl (C=O) groups excluding carboxylic acids is 1. The number of amides is 1. The van der Waals surface area contributed by atoms with Crippen molar-refractivity contribution in [1.29, 1.82) is 0 Å².